The molecule has 4 rings (SSSR count). The van der Waals surface area contributed by atoms with E-state index in [1.165, 1.54) is 18.2 Å². The number of nitrogens with one attached hydrogen (secondary N) is 2. The van der Waals surface area contributed by atoms with E-state index in [9.17, 15) is 18.0 Å². The summed E-state index contributed by atoms with van der Waals surface area (Å²) >= 11 is 0. The molecule has 1 radical (unpaired) electrons. The number of rotatable bonds is 5. The number of carbonyl (C=O) groups excluding carboxylic acids is 2. The first-order chi connectivity index (χ1) is 14.3. The molecular weight excluding hydrogens is 431 g/mol. The standard InChI is InChI=1S/C20H24N4O5S.Na/c1-3-29-19(25)16-11-17(22-24(16)2)30(27,28)23-20(26)21-18-14-8-4-6-12(14)10-13-7-5-9-15(13)18;/h10-11H,3-9H2,1-2H3,(H2,21,23,26);. The monoisotopic (exact) mass is 455 g/mol. The van der Waals surface area contributed by atoms with Crippen LogP contribution in [0.1, 0.15) is 52.5 Å². The van der Waals surface area contributed by atoms with E-state index in [1.54, 1.807) is 6.92 Å². The molecule has 0 fully saturated rings. The van der Waals surface area contributed by atoms with Crippen LogP contribution < -0.4 is 10.0 Å². The van der Waals surface area contributed by atoms with E-state index in [-0.39, 0.29) is 41.9 Å². The maximum absolute atomic E-state index is 12.6. The van der Waals surface area contributed by atoms with Crippen molar-refractivity contribution in [2.75, 3.05) is 11.9 Å². The summed E-state index contributed by atoms with van der Waals surface area (Å²) in [6, 6.07) is 2.48. The number of anilines is 1. The van der Waals surface area contributed by atoms with Gasteiger partial charge in [-0.2, -0.15) is 13.5 Å². The first-order valence-corrected chi connectivity index (χ1v) is 11.5. The fourth-order valence-corrected chi connectivity index (χ4v) is 5.15. The topological polar surface area (TPSA) is 119 Å². The average Bonchev–Trinajstić information content (AvgIpc) is 3.40. The second kappa shape index (κ2) is 9.32. The minimum atomic E-state index is -4.26. The Hall–Kier alpha value is -1.88. The normalized spacial score (nSPS) is 14.4. The summed E-state index contributed by atoms with van der Waals surface area (Å²) in [5, 5.41) is 6.20. The van der Waals surface area contributed by atoms with Crippen molar-refractivity contribution in [3.05, 3.63) is 40.1 Å². The molecule has 0 unspecified atom stereocenters. The molecule has 1 aromatic carbocycles. The van der Waals surface area contributed by atoms with Gasteiger partial charge >= 0.3 is 12.0 Å². The number of esters is 1. The Kier molecular flexibility index (Phi) is 7.14. The summed E-state index contributed by atoms with van der Waals surface area (Å²) in [7, 11) is -2.83. The van der Waals surface area contributed by atoms with E-state index in [4.69, 9.17) is 4.74 Å². The van der Waals surface area contributed by atoms with Crippen molar-refractivity contribution in [3.8, 4) is 0 Å². The van der Waals surface area contributed by atoms with Gasteiger partial charge in [-0.1, -0.05) is 6.07 Å². The maximum Gasteiger partial charge on any atom is 0.356 e. The first kappa shape index (κ1) is 23.8. The van der Waals surface area contributed by atoms with Gasteiger partial charge in [-0.05, 0) is 67.7 Å². The van der Waals surface area contributed by atoms with Gasteiger partial charge in [0.25, 0.3) is 10.0 Å². The summed E-state index contributed by atoms with van der Waals surface area (Å²) in [4.78, 5) is 24.5. The van der Waals surface area contributed by atoms with Crippen molar-refractivity contribution >= 4 is 57.3 Å². The quantitative estimate of drug-likeness (QED) is 0.523. The molecule has 0 bridgehead atoms. The Morgan fingerprint density at radius 3 is 2.29 bits per heavy atom. The summed E-state index contributed by atoms with van der Waals surface area (Å²) in [5.41, 5.74) is 5.40. The molecule has 161 valence electrons. The van der Waals surface area contributed by atoms with Crippen molar-refractivity contribution < 1.29 is 22.7 Å². The molecule has 2 aliphatic rings. The van der Waals surface area contributed by atoms with Crippen LogP contribution in [-0.2, 0) is 47.5 Å². The summed E-state index contributed by atoms with van der Waals surface area (Å²) in [6.45, 7) is 1.80. The molecule has 2 amide bonds. The minimum Gasteiger partial charge on any atom is -0.461 e. The Morgan fingerprint density at radius 1 is 1.10 bits per heavy atom. The van der Waals surface area contributed by atoms with E-state index in [2.05, 4.69) is 16.5 Å². The van der Waals surface area contributed by atoms with Gasteiger partial charge in [-0.15, -0.1) is 0 Å². The van der Waals surface area contributed by atoms with E-state index >= 15 is 0 Å². The van der Waals surface area contributed by atoms with Gasteiger partial charge in [0.2, 0.25) is 0 Å². The molecule has 0 atom stereocenters. The molecule has 0 saturated carbocycles. The van der Waals surface area contributed by atoms with Crippen LogP contribution in [0.25, 0.3) is 0 Å². The average molecular weight is 455 g/mol. The minimum absolute atomic E-state index is 0. The molecule has 2 N–H and O–H groups in total. The van der Waals surface area contributed by atoms with Gasteiger partial charge < -0.3 is 10.1 Å². The number of hydrogen-bond donors (Lipinski definition) is 2. The fourth-order valence-electron chi connectivity index (χ4n) is 4.25. The number of amides is 2. The number of benzene rings is 1. The van der Waals surface area contributed by atoms with Crippen LogP contribution in [0.5, 0.6) is 0 Å². The predicted octanol–water partition coefficient (Wildman–Crippen LogP) is 1.70. The van der Waals surface area contributed by atoms with Crippen LogP contribution in [0.15, 0.2) is 17.2 Å². The van der Waals surface area contributed by atoms with Gasteiger partial charge in [0, 0.05) is 48.4 Å². The van der Waals surface area contributed by atoms with Crippen molar-refractivity contribution in [2.45, 2.75) is 50.5 Å². The Bertz CT molecular complexity index is 1110. The number of nitrogens with zero attached hydrogens (tertiary/aromatic N) is 2. The molecule has 2 aromatic rings. The van der Waals surface area contributed by atoms with Gasteiger partial charge in [0.15, 0.2) is 5.03 Å². The molecule has 1 aromatic heterocycles. The number of aryl methyl sites for hydroxylation is 3. The maximum atomic E-state index is 12.6. The van der Waals surface area contributed by atoms with E-state index in [0.29, 0.717) is 0 Å². The Labute approximate surface area is 203 Å². The molecule has 1 heterocycles. The van der Waals surface area contributed by atoms with Crippen molar-refractivity contribution in [1.29, 1.82) is 0 Å². The molecule has 31 heavy (non-hydrogen) atoms. The molecule has 0 aliphatic heterocycles. The zero-order valence-corrected chi connectivity index (χ0v) is 20.8. The predicted molar refractivity (Wildman–Crippen MR) is 115 cm³/mol. The van der Waals surface area contributed by atoms with Gasteiger partial charge in [-0.3, -0.25) is 4.68 Å². The van der Waals surface area contributed by atoms with E-state index < -0.39 is 27.0 Å². The SMILES string of the molecule is CCOC(=O)c1cc(S(=O)(=O)NC(=O)Nc2c3c(cc4c2CCC4)CCC3)nn1C.[Na]. The van der Waals surface area contributed by atoms with Gasteiger partial charge in [-0.25, -0.2) is 14.3 Å². The first-order valence-electron chi connectivity index (χ1n) is 10.0. The number of aromatic nitrogens is 2. The second-order valence-electron chi connectivity index (χ2n) is 7.51. The summed E-state index contributed by atoms with van der Waals surface area (Å²) in [6.07, 6.45) is 5.74. The number of fused-ring (bicyclic) bond motifs is 2. The number of carbonyl (C=O) groups is 2. The van der Waals surface area contributed by atoms with E-state index in [1.807, 2.05) is 4.72 Å². The van der Waals surface area contributed by atoms with Crippen LogP contribution in [0.4, 0.5) is 10.5 Å². The second-order valence-corrected chi connectivity index (χ2v) is 9.13. The smallest absolute Gasteiger partial charge is 0.356 e. The van der Waals surface area contributed by atoms with Gasteiger partial charge in [0.05, 0.1) is 6.61 Å². The van der Waals surface area contributed by atoms with Crippen molar-refractivity contribution in [2.24, 2.45) is 7.05 Å². The van der Waals surface area contributed by atoms with Crippen molar-refractivity contribution in [1.82, 2.24) is 14.5 Å². The molecular formula is C20H24N4NaO5S. The molecule has 0 saturated heterocycles. The summed E-state index contributed by atoms with van der Waals surface area (Å²) < 4.78 is 33.3. The molecule has 2 aliphatic carbocycles. The Morgan fingerprint density at radius 2 is 1.71 bits per heavy atom. The van der Waals surface area contributed by atoms with Crippen LogP contribution in [0.3, 0.4) is 0 Å². The summed E-state index contributed by atoms with van der Waals surface area (Å²) in [5.74, 6) is -0.686. The van der Waals surface area contributed by atoms with Gasteiger partial charge in [0.1, 0.15) is 5.69 Å². The number of ether oxygens (including phenoxy) is 1. The number of urea groups is 1. The third kappa shape index (κ3) is 4.67. The van der Waals surface area contributed by atoms with Crippen molar-refractivity contribution in [3.63, 3.8) is 0 Å². The molecule has 11 heteroatoms. The van der Waals surface area contributed by atoms with Crippen LogP contribution in [0, 0.1) is 0 Å². The van der Waals surface area contributed by atoms with Crippen LogP contribution >= 0.6 is 0 Å². The third-order valence-electron chi connectivity index (χ3n) is 5.56. The Balaban J connectivity index is 0.00000272. The number of hydrogen-bond acceptors (Lipinski definition) is 6. The molecule has 9 nitrogen and oxygen atoms in total. The van der Waals surface area contributed by atoms with Crippen LogP contribution in [-0.4, -0.2) is 66.4 Å². The van der Waals surface area contributed by atoms with Crippen LogP contribution in [0.2, 0.25) is 0 Å². The number of sulfonamides is 1. The fraction of sp³-hybridized carbons (Fsp3) is 0.450. The largest absolute Gasteiger partial charge is 0.461 e. The third-order valence-corrected chi connectivity index (χ3v) is 6.76. The zero-order chi connectivity index (χ0) is 21.5. The molecule has 0 spiro atoms. The zero-order valence-electron chi connectivity index (χ0n) is 17.9. The van der Waals surface area contributed by atoms with E-state index in [0.717, 1.165) is 66.1 Å².